The summed E-state index contributed by atoms with van der Waals surface area (Å²) < 4.78 is 24.1. The summed E-state index contributed by atoms with van der Waals surface area (Å²) in [6.45, 7) is 8.61. The molecule has 1 aliphatic rings. The average Bonchev–Trinajstić information content (AvgIpc) is 3.23. The molecule has 0 aliphatic carbocycles. The topological polar surface area (TPSA) is 88.3 Å². The van der Waals surface area contributed by atoms with Gasteiger partial charge < -0.3 is 18.9 Å². The Balaban J connectivity index is 1.91. The summed E-state index contributed by atoms with van der Waals surface area (Å²) in [5.74, 6) is 1.05. The second-order valence-electron chi connectivity index (χ2n) is 8.03. The van der Waals surface area contributed by atoms with Gasteiger partial charge in [0.1, 0.15) is 12.4 Å². The Hall–Kier alpha value is -3.82. The molecule has 0 saturated carbocycles. The molecule has 0 spiro atoms. The number of halogens is 1. The number of fused-ring (bicyclic) bond motifs is 1. The Kier molecular flexibility index (Phi) is 8.70. The maximum atomic E-state index is 13.8. The predicted octanol–water partition coefficient (Wildman–Crippen LogP) is 4.03. The second-order valence-corrected chi connectivity index (χ2v) is 9.48. The van der Waals surface area contributed by atoms with Gasteiger partial charge in [0.25, 0.3) is 5.56 Å². The molecule has 2 heterocycles. The maximum absolute atomic E-state index is 13.8. The number of carbonyl (C=O) groups is 1. The van der Waals surface area contributed by atoms with Gasteiger partial charge in [-0.15, -0.1) is 0 Å². The summed E-state index contributed by atoms with van der Waals surface area (Å²) in [7, 11) is 1.29. The standard InChI is InChI=1S/C28H27ClN2O6S/c1-5-12-37-21-11-9-19(29)13-18(21)15-24-26(32)31-25(20(27(33)34-4)16-30-28(31)38-24)17-8-10-22(35-6-2)23(14-17)36-7-3/h5,8-11,13-16,25H,1,6-7,12H2,2-4H3/b24-15+/t25-/m0/s1. The number of thiazole rings is 1. The first-order valence-corrected chi connectivity index (χ1v) is 13.1. The Morgan fingerprint density at radius 3 is 2.55 bits per heavy atom. The van der Waals surface area contributed by atoms with Crippen molar-refractivity contribution >= 4 is 35.0 Å². The van der Waals surface area contributed by atoms with E-state index in [1.54, 1.807) is 48.6 Å². The zero-order chi connectivity index (χ0) is 27.2. The number of rotatable bonds is 10. The van der Waals surface area contributed by atoms with E-state index < -0.39 is 12.0 Å². The highest BCUT2D eigenvalue weighted by Gasteiger charge is 2.31. The number of methoxy groups -OCH3 is 1. The van der Waals surface area contributed by atoms with Crippen LogP contribution in [0.5, 0.6) is 17.2 Å². The number of benzene rings is 2. The van der Waals surface area contributed by atoms with E-state index in [1.165, 1.54) is 29.2 Å². The lowest BCUT2D eigenvalue weighted by molar-refractivity contribution is -0.136. The predicted molar refractivity (Wildman–Crippen MR) is 147 cm³/mol. The highest BCUT2D eigenvalue weighted by Crippen LogP contribution is 2.35. The molecule has 8 nitrogen and oxygen atoms in total. The molecular weight excluding hydrogens is 528 g/mol. The van der Waals surface area contributed by atoms with Gasteiger partial charge >= 0.3 is 5.97 Å². The van der Waals surface area contributed by atoms with Gasteiger partial charge in [0, 0.05) is 16.8 Å². The second kappa shape index (κ2) is 12.1. The summed E-state index contributed by atoms with van der Waals surface area (Å²) in [5, 5.41) is 0.499. The molecule has 3 aromatic rings. The van der Waals surface area contributed by atoms with E-state index in [0.29, 0.717) is 62.6 Å². The highest BCUT2D eigenvalue weighted by molar-refractivity contribution is 7.07. The van der Waals surface area contributed by atoms with Gasteiger partial charge in [0.15, 0.2) is 16.3 Å². The number of ether oxygens (including phenoxy) is 4. The fourth-order valence-corrected chi connectivity index (χ4v) is 5.18. The van der Waals surface area contributed by atoms with Gasteiger partial charge in [-0.25, -0.2) is 9.79 Å². The van der Waals surface area contributed by atoms with Crippen molar-refractivity contribution in [2.75, 3.05) is 26.9 Å². The van der Waals surface area contributed by atoms with Gasteiger partial charge in [0.2, 0.25) is 0 Å². The number of nitrogens with zero attached hydrogens (tertiary/aromatic N) is 2. The van der Waals surface area contributed by atoms with Gasteiger partial charge in [0.05, 0.1) is 36.5 Å². The van der Waals surface area contributed by atoms with Gasteiger partial charge in [-0.2, -0.15) is 0 Å². The van der Waals surface area contributed by atoms with E-state index in [2.05, 4.69) is 11.6 Å². The van der Waals surface area contributed by atoms with Crippen LogP contribution in [0, 0.1) is 0 Å². The van der Waals surface area contributed by atoms with Crippen LogP contribution in [0.15, 0.2) is 70.6 Å². The first-order valence-electron chi connectivity index (χ1n) is 11.9. The summed E-state index contributed by atoms with van der Waals surface area (Å²) in [6, 6.07) is 9.73. The van der Waals surface area contributed by atoms with Crippen molar-refractivity contribution < 1.29 is 23.7 Å². The third-order valence-electron chi connectivity index (χ3n) is 5.62. The van der Waals surface area contributed by atoms with Crippen molar-refractivity contribution in [3.05, 3.63) is 96.7 Å². The smallest absolute Gasteiger partial charge is 0.337 e. The average molecular weight is 555 g/mol. The van der Waals surface area contributed by atoms with Gasteiger partial charge in [-0.1, -0.05) is 41.7 Å². The molecule has 0 radical (unpaired) electrons. The molecule has 0 unspecified atom stereocenters. The van der Waals surface area contributed by atoms with Crippen molar-refractivity contribution in [1.82, 2.24) is 4.57 Å². The summed E-state index contributed by atoms with van der Waals surface area (Å²) >= 11 is 7.43. The maximum Gasteiger partial charge on any atom is 0.337 e. The lowest BCUT2D eigenvalue weighted by atomic mass is 9.97. The third kappa shape index (κ3) is 5.54. The van der Waals surface area contributed by atoms with E-state index in [0.717, 1.165) is 0 Å². The van der Waals surface area contributed by atoms with Crippen molar-refractivity contribution in [2.45, 2.75) is 19.9 Å². The molecule has 0 bridgehead atoms. The summed E-state index contributed by atoms with van der Waals surface area (Å²) in [5.41, 5.74) is 1.17. The van der Waals surface area contributed by atoms with E-state index in [9.17, 15) is 9.59 Å². The van der Waals surface area contributed by atoms with Crippen LogP contribution in [-0.4, -0.2) is 37.5 Å². The molecule has 0 amide bonds. The molecule has 1 atom stereocenters. The van der Waals surface area contributed by atoms with E-state index in [-0.39, 0.29) is 11.1 Å². The molecule has 0 saturated heterocycles. The molecule has 1 aliphatic heterocycles. The first-order chi connectivity index (χ1) is 18.4. The highest BCUT2D eigenvalue weighted by atomic mass is 35.5. The minimum Gasteiger partial charge on any atom is -0.490 e. The van der Waals surface area contributed by atoms with Crippen LogP contribution in [0.2, 0.25) is 5.02 Å². The van der Waals surface area contributed by atoms with Crippen molar-refractivity contribution in [1.29, 1.82) is 0 Å². The Labute approximate surface area is 228 Å². The zero-order valence-corrected chi connectivity index (χ0v) is 22.8. The number of hydrogen-bond acceptors (Lipinski definition) is 8. The van der Waals surface area contributed by atoms with Crippen molar-refractivity contribution in [3.8, 4) is 17.2 Å². The van der Waals surface area contributed by atoms with E-state index in [4.69, 9.17) is 30.5 Å². The monoisotopic (exact) mass is 554 g/mol. The molecule has 10 heteroatoms. The van der Waals surface area contributed by atoms with E-state index >= 15 is 0 Å². The molecule has 198 valence electrons. The number of aromatic nitrogens is 1. The molecular formula is C28H27ClN2O6S. The lowest BCUT2D eigenvalue weighted by Gasteiger charge is -2.23. The van der Waals surface area contributed by atoms with Crippen LogP contribution in [0.25, 0.3) is 6.08 Å². The van der Waals surface area contributed by atoms with Crippen LogP contribution < -0.4 is 29.1 Å². The lowest BCUT2D eigenvalue weighted by Crippen LogP contribution is -2.39. The van der Waals surface area contributed by atoms with Crippen molar-refractivity contribution in [2.24, 2.45) is 4.99 Å². The van der Waals surface area contributed by atoms with Crippen LogP contribution in [0.1, 0.15) is 31.0 Å². The van der Waals surface area contributed by atoms with Gasteiger partial charge in [-0.3, -0.25) is 9.36 Å². The Bertz CT molecular complexity index is 1570. The first kappa shape index (κ1) is 27.2. The molecule has 0 N–H and O–H groups in total. The fraction of sp³-hybridized carbons (Fsp3) is 0.250. The quantitative estimate of drug-likeness (QED) is 0.278. The van der Waals surface area contributed by atoms with Crippen LogP contribution in [0.4, 0.5) is 0 Å². The minimum atomic E-state index is -0.786. The third-order valence-corrected chi connectivity index (χ3v) is 6.86. The summed E-state index contributed by atoms with van der Waals surface area (Å²) in [6.07, 6.45) is 4.78. The van der Waals surface area contributed by atoms with Crippen LogP contribution in [-0.2, 0) is 9.53 Å². The molecule has 38 heavy (non-hydrogen) atoms. The SMILES string of the molecule is C=CCOc1ccc(Cl)cc1/C=c1/sc2n(c1=O)[C@@H](c1ccc(OCC)c(OCC)c1)C(C(=O)OC)=CN=2. The molecule has 0 fully saturated rings. The molecule has 2 aromatic carbocycles. The number of hydrogen-bond donors (Lipinski definition) is 0. The zero-order valence-electron chi connectivity index (χ0n) is 21.2. The van der Waals surface area contributed by atoms with Gasteiger partial charge in [-0.05, 0) is 55.8 Å². The minimum absolute atomic E-state index is 0.218. The largest absolute Gasteiger partial charge is 0.490 e. The molecule has 4 rings (SSSR count). The molecule has 1 aromatic heterocycles. The van der Waals surface area contributed by atoms with Crippen LogP contribution in [0.3, 0.4) is 0 Å². The van der Waals surface area contributed by atoms with Crippen molar-refractivity contribution in [3.63, 3.8) is 0 Å². The number of esters is 1. The Morgan fingerprint density at radius 1 is 1.11 bits per heavy atom. The fourth-order valence-electron chi connectivity index (χ4n) is 4.04. The Morgan fingerprint density at radius 2 is 1.84 bits per heavy atom. The normalized spacial score (nSPS) is 14.7. The number of carbonyl (C=O) groups excluding carboxylic acids is 1. The van der Waals surface area contributed by atoms with E-state index in [1.807, 2.05) is 13.8 Å². The summed E-state index contributed by atoms with van der Waals surface area (Å²) in [4.78, 5) is 31.4. The van der Waals surface area contributed by atoms with Crippen LogP contribution >= 0.6 is 22.9 Å².